The van der Waals surface area contributed by atoms with E-state index in [-0.39, 0.29) is 0 Å². The van der Waals surface area contributed by atoms with Crippen LogP contribution in [0.3, 0.4) is 0 Å². The lowest BCUT2D eigenvalue weighted by Gasteiger charge is -2.37. The van der Waals surface area contributed by atoms with E-state index in [0.717, 1.165) is 25.1 Å². The van der Waals surface area contributed by atoms with Crippen LogP contribution in [-0.4, -0.2) is 37.9 Å². The fourth-order valence-corrected chi connectivity index (χ4v) is 4.91. The quantitative estimate of drug-likeness (QED) is 0.571. The number of rotatable bonds is 3. The molecule has 1 spiro atoms. The second-order valence-electron chi connectivity index (χ2n) is 8.91. The lowest BCUT2D eigenvalue weighted by atomic mass is 9.96. The van der Waals surface area contributed by atoms with Crippen LogP contribution >= 0.6 is 0 Å². The van der Waals surface area contributed by atoms with E-state index in [9.17, 15) is 0 Å². The van der Waals surface area contributed by atoms with Crippen molar-refractivity contribution in [2.45, 2.75) is 76.2 Å². The second-order valence-corrected chi connectivity index (χ2v) is 13.7. The van der Waals surface area contributed by atoms with Crippen molar-refractivity contribution in [1.82, 2.24) is 4.90 Å². The first kappa shape index (κ1) is 14.8. The molecule has 0 bridgehead atoms. The summed E-state index contributed by atoms with van der Waals surface area (Å²) < 4.78 is 6.52. The minimum Gasteiger partial charge on any atom is -0.416 e. The van der Waals surface area contributed by atoms with Gasteiger partial charge < -0.3 is 4.43 Å². The lowest BCUT2D eigenvalue weighted by Crippen LogP contribution is -2.43. The number of hydrogen-bond donors (Lipinski definition) is 0. The standard InChI is InChI=1S/C17H31NOSi/c1-13-9-15-14(10-17(7-8-17)18(15)11-13)12-19-20(5,6)16(2,3)4/h14-15H,1,7-12H2,2-6H3. The Morgan fingerprint density at radius 2 is 2.00 bits per heavy atom. The van der Waals surface area contributed by atoms with Crippen LogP contribution in [0, 0.1) is 5.92 Å². The first-order chi connectivity index (χ1) is 9.15. The molecule has 114 valence electrons. The fourth-order valence-electron chi connectivity index (χ4n) is 3.85. The molecule has 2 aliphatic heterocycles. The molecule has 3 rings (SSSR count). The molecule has 2 heterocycles. The average Bonchev–Trinajstić information content (AvgIpc) is 2.90. The van der Waals surface area contributed by atoms with Gasteiger partial charge in [0.1, 0.15) is 0 Å². The predicted octanol–water partition coefficient (Wildman–Crippen LogP) is 4.19. The van der Waals surface area contributed by atoms with Gasteiger partial charge in [-0.3, -0.25) is 4.90 Å². The van der Waals surface area contributed by atoms with Gasteiger partial charge in [0.2, 0.25) is 0 Å². The van der Waals surface area contributed by atoms with E-state index in [1.54, 1.807) is 0 Å². The van der Waals surface area contributed by atoms with Gasteiger partial charge in [-0.05, 0) is 49.7 Å². The number of fused-ring (bicyclic) bond motifs is 2. The predicted molar refractivity (Wildman–Crippen MR) is 87.5 cm³/mol. The van der Waals surface area contributed by atoms with E-state index in [0.29, 0.717) is 10.6 Å². The van der Waals surface area contributed by atoms with Gasteiger partial charge in [0.15, 0.2) is 8.32 Å². The van der Waals surface area contributed by atoms with Gasteiger partial charge in [-0.2, -0.15) is 0 Å². The van der Waals surface area contributed by atoms with Crippen LogP contribution in [0.15, 0.2) is 12.2 Å². The molecule has 2 unspecified atom stereocenters. The van der Waals surface area contributed by atoms with Crippen LogP contribution in [0.25, 0.3) is 0 Å². The van der Waals surface area contributed by atoms with E-state index >= 15 is 0 Å². The Balaban J connectivity index is 1.66. The molecule has 1 aliphatic carbocycles. The summed E-state index contributed by atoms with van der Waals surface area (Å²) in [5.74, 6) is 0.742. The summed E-state index contributed by atoms with van der Waals surface area (Å²) in [5, 5.41) is 0.321. The van der Waals surface area contributed by atoms with Gasteiger partial charge >= 0.3 is 0 Å². The first-order valence-electron chi connectivity index (χ1n) is 8.22. The van der Waals surface area contributed by atoms with Gasteiger partial charge in [-0.1, -0.05) is 32.9 Å². The summed E-state index contributed by atoms with van der Waals surface area (Å²) >= 11 is 0. The third kappa shape index (κ3) is 2.32. The second kappa shape index (κ2) is 4.44. The van der Waals surface area contributed by atoms with Gasteiger partial charge in [-0.25, -0.2) is 0 Å². The lowest BCUT2D eigenvalue weighted by molar-refractivity contribution is 0.183. The van der Waals surface area contributed by atoms with Crippen molar-refractivity contribution in [2.24, 2.45) is 5.92 Å². The Labute approximate surface area is 125 Å². The smallest absolute Gasteiger partial charge is 0.191 e. The van der Waals surface area contributed by atoms with E-state index in [2.05, 4.69) is 45.3 Å². The van der Waals surface area contributed by atoms with Crippen LogP contribution in [0.1, 0.15) is 46.5 Å². The molecule has 0 N–H and O–H groups in total. The van der Waals surface area contributed by atoms with Gasteiger partial charge in [0.25, 0.3) is 0 Å². The van der Waals surface area contributed by atoms with Crippen molar-refractivity contribution in [3.8, 4) is 0 Å². The maximum Gasteiger partial charge on any atom is 0.191 e. The molecule has 20 heavy (non-hydrogen) atoms. The monoisotopic (exact) mass is 293 g/mol. The molecule has 2 saturated heterocycles. The Bertz CT molecular complexity index is 419. The molecule has 2 atom stereocenters. The van der Waals surface area contributed by atoms with Crippen LogP contribution in [-0.2, 0) is 4.43 Å². The zero-order valence-electron chi connectivity index (χ0n) is 14.0. The van der Waals surface area contributed by atoms with Crippen molar-refractivity contribution in [1.29, 1.82) is 0 Å². The third-order valence-electron chi connectivity index (χ3n) is 6.38. The molecule has 3 fully saturated rings. The largest absolute Gasteiger partial charge is 0.416 e. The molecular weight excluding hydrogens is 262 g/mol. The van der Waals surface area contributed by atoms with E-state index in [1.807, 2.05) is 0 Å². The molecule has 0 aromatic carbocycles. The summed E-state index contributed by atoms with van der Waals surface area (Å²) in [6, 6.07) is 0.731. The normalized spacial score (nSPS) is 33.0. The maximum atomic E-state index is 6.52. The molecule has 0 amide bonds. The van der Waals surface area contributed by atoms with Gasteiger partial charge in [0, 0.05) is 24.7 Å². The highest BCUT2D eigenvalue weighted by Crippen LogP contribution is 2.57. The van der Waals surface area contributed by atoms with Crippen LogP contribution in [0.4, 0.5) is 0 Å². The van der Waals surface area contributed by atoms with Gasteiger partial charge in [0.05, 0.1) is 0 Å². The summed E-state index contributed by atoms with van der Waals surface area (Å²) in [6.07, 6.45) is 5.41. The summed E-state index contributed by atoms with van der Waals surface area (Å²) in [5.41, 5.74) is 2.00. The number of nitrogens with zero attached hydrogens (tertiary/aromatic N) is 1. The number of hydrogen-bond acceptors (Lipinski definition) is 2. The van der Waals surface area contributed by atoms with E-state index < -0.39 is 8.32 Å². The van der Waals surface area contributed by atoms with Crippen molar-refractivity contribution in [2.75, 3.05) is 13.2 Å². The van der Waals surface area contributed by atoms with Crippen molar-refractivity contribution in [3.63, 3.8) is 0 Å². The molecule has 0 aromatic rings. The Hall–Kier alpha value is -0.123. The Morgan fingerprint density at radius 3 is 2.55 bits per heavy atom. The summed E-state index contributed by atoms with van der Waals surface area (Å²) in [6.45, 7) is 18.1. The minimum absolute atomic E-state index is 0.321. The zero-order chi connectivity index (χ0) is 14.8. The maximum absolute atomic E-state index is 6.52. The molecule has 2 nitrogen and oxygen atoms in total. The Morgan fingerprint density at radius 1 is 1.35 bits per heavy atom. The van der Waals surface area contributed by atoms with Crippen LogP contribution < -0.4 is 0 Å². The van der Waals surface area contributed by atoms with E-state index in [4.69, 9.17) is 4.43 Å². The van der Waals surface area contributed by atoms with Crippen molar-refractivity contribution in [3.05, 3.63) is 12.2 Å². The minimum atomic E-state index is -1.60. The topological polar surface area (TPSA) is 12.5 Å². The van der Waals surface area contributed by atoms with Crippen molar-refractivity contribution >= 4 is 8.32 Å². The zero-order valence-corrected chi connectivity index (χ0v) is 15.0. The molecule has 1 saturated carbocycles. The summed E-state index contributed by atoms with van der Waals surface area (Å²) in [7, 11) is -1.60. The summed E-state index contributed by atoms with van der Waals surface area (Å²) in [4.78, 5) is 2.77. The molecule has 3 aliphatic rings. The molecule has 0 aromatic heterocycles. The first-order valence-corrected chi connectivity index (χ1v) is 11.1. The highest BCUT2D eigenvalue weighted by molar-refractivity contribution is 6.74. The van der Waals surface area contributed by atoms with Crippen LogP contribution in [0.2, 0.25) is 18.1 Å². The molecule has 3 heteroatoms. The molecular formula is C17H31NOSi. The van der Waals surface area contributed by atoms with E-state index in [1.165, 1.54) is 31.3 Å². The average molecular weight is 294 g/mol. The molecule has 0 radical (unpaired) electrons. The van der Waals surface area contributed by atoms with Crippen molar-refractivity contribution < 1.29 is 4.43 Å². The highest BCUT2D eigenvalue weighted by atomic mass is 28.4. The Kier molecular flexibility index (Phi) is 3.28. The SMILES string of the molecule is C=C1CC2C(CO[Si](C)(C)C(C)(C)C)CC3(CC3)N2C1. The fraction of sp³-hybridized carbons (Fsp3) is 0.882. The van der Waals surface area contributed by atoms with Gasteiger partial charge in [-0.15, -0.1) is 0 Å². The highest BCUT2D eigenvalue weighted by Gasteiger charge is 2.60. The van der Waals surface area contributed by atoms with Crippen LogP contribution in [0.5, 0.6) is 0 Å². The third-order valence-corrected chi connectivity index (χ3v) is 10.9.